The first-order chi connectivity index (χ1) is 10.1. The van der Waals surface area contributed by atoms with Crippen molar-refractivity contribution in [3.8, 4) is 0 Å². The molecule has 1 aromatic heterocycles. The number of hydrogen-bond donors (Lipinski definition) is 2. The largest absolute Gasteiger partial charge is 0.381 e. The Morgan fingerprint density at radius 2 is 2.19 bits per heavy atom. The highest BCUT2D eigenvalue weighted by atomic mass is 32.2. The molecular formula is C14H22N2O3S2. The van der Waals surface area contributed by atoms with Crippen molar-refractivity contribution in [1.82, 2.24) is 10.0 Å². The molecule has 0 spiro atoms. The first-order valence-electron chi connectivity index (χ1n) is 7.44. The van der Waals surface area contributed by atoms with Crippen LogP contribution in [0.15, 0.2) is 10.3 Å². The lowest BCUT2D eigenvalue weighted by atomic mass is 10.1. The van der Waals surface area contributed by atoms with Crippen LogP contribution in [0.3, 0.4) is 0 Å². The van der Waals surface area contributed by atoms with Crippen LogP contribution in [0, 0.1) is 12.8 Å². The SMILES string of the molecule is Cc1csc(CNC2CC2)c1S(=O)(=O)NCC1CCOC1. The van der Waals surface area contributed by atoms with Crippen molar-refractivity contribution in [3.63, 3.8) is 0 Å². The number of sulfonamides is 1. The fourth-order valence-electron chi connectivity index (χ4n) is 2.54. The first kappa shape index (κ1) is 15.4. The predicted molar refractivity (Wildman–Crippen MR) is 83.0 cm³/mol. The van der Waals surface area contributed by atoms with Gasteiger partial charge in [0.1, 0.15) is 4.90 Å². The first-order valence-corrected chi connectivity index (χ1v) is 9.80. The van der Waals surface area contributed by atoms with Gasteiger partial charge in [0.15, 0.2) is 0 Å². The second kappa shape index (κ2) is 6.34. The molecule has 0 aromatic carbocycles. The van der Waals surface area contributed by atoms with Crippen molar-refractivity contribution < 1.29 is 13.2 Å². The van der Waals surface area contributed by atoms with Gasteiger partial charge in [-0.25, -0.2) is 13.1 Å². The molecule has 1 unspecified atom stereocenters. The highest BCUT2D eigenvalue weighted by Crippen LogP contribution is 2.28. The van der Waals surface area contributed by atoms with Gasteiger partial charge in [0.25, 0.3) is 0 Å². The molecule has 0 amide bonds. The van der Waals surface area contributed by atoms with Gasteiger partial charge in [-0.15, -0.1) is 11.3 Å². The summed E-state index contributed by atoms with van der Waals surface area (Å²) < 4.78 is 33.2. The summed E-state index contributed by atoms with van der Waals surface area (Å²) in [6.45, 7) is 4.37. The van der Waals surface area contributed by atoms with Crippen LogP contribution >= 0.6 is 11.3 Å². The van der Waals surface area contributed by atoms with Crippen molar-refractivity contribution in [1.29, 1.82) is 0 Å². The molecule has 1 atom stereocenters. The molecule has 7 heteroatoms. The maximum Gasteiger partial charge on any atom is 0.241 e. The number of nitrogens with one attached hydrogen (secondary N) is 2. The quantitative estimate of drug-likeness (QED) is 0.797. The number of ether oxygens (including phenoxy) is 1. The van der Waals surface area contributed by atoms with Crippen LogP contribution in [-0.2, 0) is 21.3 Å². The third-order valence-electron chi connectivity index (χ3n) is 3.97. The molecule has 1 aromatic rings. The van der Waals surface area contributed by atoms with Crippen molar-refractivity contribution in [2.45, 2.75) is 43.7 Å². The van der Waals surface area contributed by atoms with E-state index in [-0.39, 0.29) is 0 Å². The highest BCUT2D eigenvalue weighted by molar-refractivity contribution is 7.89. The lowest BCUT2D eigenvalue weighted by Crippen LogP contribution is -2.30. The van der Waals surface area contributed by atoms with Crippen LogP contribution in [0.5, 0.6) is 0 Å². The lowest BCUT2D eigenvalue weighted by Gasteiger charge is -2.12. The molecule has 2 heterocycles. The molecule has 1 saturated carbocycles. The molecule has 5 nitrogen and oxygen atoms in total. The molecule has 0 bridgehead atoms. The van der Waals surface area contributed by atoms with E-state index in [1.54, 1.807) is 0 Å². The molecule has 2 aliphatic rings. The zero-order valence-electron chi connectivity index (χ0n) is 12.2. The summed E-state index contributed by atoms with van der Waals surface area (Å²) in [7, 11) is -3.43. The van der Waals surface area contributed by atoms with Crippen molar-refractivity contribution in [2.75, 3.05) is 19.8 Å². The van der Waals surface area contributed by atoms with E-state index in [4.69, 9.17) is 4.74 Å². The molecule has 2 N–H and O–H groups in total. The fourth-order valence-corrected chi connectivity index (χ4v) is 5.41. The van der Waals surface area contributed by atoms with Gasteiger partial charge in [-0.05, 0) is 43.0 Å². The Morgan fingerprint density at radius 1 is 1.38 bits per heavy atom. The Morgan fingerprint density at radius 3 is 2.86 bits per heavy atom. The Balaban J connectivity index is 1.68. The van der Waals surface area contributed by atoms with Crippen LogP contribution in [0.1, 0.15) is 29.7 Å². The smallest absolute Gasteiger partial charge is 0.241 e. The Labute approximate surface area is 130 Å². The van der Waals surface area contributed by atoms with E-state index in [0.29, 0.717) is 36.6 Å². The van der Waals surface area contributed by atoms with Gasteiger partial charge in [0.2, 0.25) is 10.0 Å². The standard InChI is InChI=1S/C14H22N2O3S2/c1-10-9-20-13(7-15-12-2-3-12)14(10)21(17,18)16-6-11-4-5-19-8-11/h9,11-12,15-16H,2-8H2,1H3. The van der Waals surface area contributed by atoms with Crippen molar-refractivity contribution >= 4 is 21.4 Å². The van der Waals surface area contributed by atoms with Crippen LogP contribution in [-0.4, -0.2) is 34.2 Å². The van der Waals surface area contributed by atoms with E-state index in [0.717, 1.165) is 23.5 Å². The zero-order valence-corrected chi connectivity index (χ0v) is 13.9. The second-order valence-corrected chi connectivity index (χ2v) is 8.58. The average Bonchev–Trinajstić information content (AvgIpc) is 2.97. The van der Waals surface area contributed by atoms with Gasteiger partial charge in [-0.1, -0.05) is 0 Å². The number of aryl methyl sites for hydroxylation is 1. The molecule has 1 aliphatic heterocycles. The van der Waals surface area contributed by atoms with Gasteiger partial charge >= 0.3 is 0 Å². The van der Waals surface area contributed by atoms with Crippen LogP contribution in [0.25, 0.3) is 0 Å². The summed E-state index contributed by atoms with van der Waals surface area (Å²) in [5, 5.41) is 5.32. The summed E-state index contributed by atoms with van der Waals surface area (Å²) in [6, 6.07) is 0.576. The maximum atomic E-state index is 12.6. The third-order valence-corrected chi connectivity index (χ3v) is 6.86. The van der Waals surface area contributed by atoms with Crippen molar-refractivity contribution in [3.05, 3.63) is 15.8 Å². The van der Waals surface area contributed by atoms with Crippen LogP contribution in [0.4, 0.5) is 0 Å². The normalized spacial score (nSPS) is 22.8. The number of thiophene rings is 1. The van der Waals surface area contributed by atoms with Gasteiger partial charge in [-0.2, -0.15) is 0 Å². The van der Waals surface area contributed by atoms with E-state index >= 15 is 0 Å². The van der Waals surface area contributed by atoms with E-state index < -0.39 is 10.0 Å². The molecule has 3 rings (SSSR count). The predicted octanol–water partition coefficient (Wildman–Crippen LogP) is 1.62. The Hall–Kier alpha value is -0.470. The summed E-state index contributed by atoms with van der Waals surface area (Å²) in [4.78, 5) is 1.38. The van der Waals surface area contributed by atoms with Crippen LogP contribution in [0.2, 0.25) is 0 Å². The third kappa shape index (κ3) is 3.84. The summed E-state index contributed by atoms with van der Waals surface area (Å²) in [5.41, 5.74) is 0.836. The molecule has 1 saturated heterocycles. The van der Waals surface area contributed by atoms with E-state index in [2.05, 4.69) is 10.0 Å². The van der Waals surface area contributed by atoms with Gasteiger partial charge < -0.3 is 10.1 Å². The van der Waals surface area contributed by atoms with Gasteiger partial charge in [0.05, 0.1) is 6.61 Å². The maximum absolute atomic E-state index is 12.6. The minimum Gasteiger partial charge on any atom is -0.381 e. The minimum absolute atomic E-state index is 0.298. The summed E-state index contributed by atoms with van der Waals surface area (Å²) >= 11 is 1.52. The monoisotopic (exact) mass is 330 g/mol. The number of rotatable bonds is 7. The van der Waals surface area contributed by atoms with Gasteiger partial charge in [0, 0.05) is 30.6 Å². The fraction of sp³-hybridized carbons (Fsp3) is 0.714. The molecule has 1 aliphatic carbocycles. The lowest BCUT2D eigenvalue weighted by molar-refractivity contribution is 0.186. The van der Waals surface area contributed by atoms with Crippen molar-refractivity contribution in [2.24, 2.45) is 5.92 Å². The van der Waals surface area contributed by atoms with Crippen LogP contribution < -0.4 is 10.0 Å². The Kier molecular flexibility index (Phi) is 4.66. The minimum atomic E-state index is -3.43. The van der Waals surface area contributed by atoms with E-state index in [1.807, 2.05) is 12.3 Å². The molecular weight excluding hydrogens is 308 g/mol. The number of hydrogen-bond acceptors (Lipinski definition) is 5. The zero-order chi connectivity index (χ0) is 14.9. The highest BCUT2D eigenvalue weighted by Gasteiger charge is 2.27. The van der Waals surface area contributed by atoms with E-state index in [9.17, 15) is 8.42 Å². The van der Waals surface area contributed by atoms with E-state index in [1.165, 1.54) is 24.2 Å². The van der Waals surface area contributed by atoms with Gasteiger partial charge in [-0.3, -0.25) is 0 Å². The Bertz CT molecular complexity index is 587. The molecule has 2 fully saturated rings. The molecule has 0 radical (unpaired) electrons. The summed E-state index contributed by atoms with van der Waals surface area (Å²) in [6.07, 6.45) is 3.33. The molecule has 21 heavy (non-hydrogen) atoms. The topological polar surface area (TPSA) is 67.4 Å². The molecule has 118 valence electrons. The summed E-state index contributed by atoms with van der Waals surface area (Å²) in [5.74, 6) is 0.298. The average molecular weight is 330 g/mol. The second-order valence-electron chi connectivity index (χ2n) is 5.91.